The maximum absolute atomic E-state index is 13.4. The third kappa shape index (κ3) is 4.17. The average Bonchev–Trinajstić information content (AvgIpc) is 2.62. The molecule has 148 valence electrons. The quantitative estimate of drug-likeness (QED) is 0.756. The van der Waals surface area contributed by atoms with Gasteiger partial charge in [-0.05, 0) is 56.5 Å². The third-order valence-corrected chi connectivity index (χ3v) is 5.57. The molecule has 2 N–H and O–H groups in total. The molecule has 2 aromatic rings. The Morgan fingerprint density at radius 3 is 2.50 bits per heavy atom. The second-order valence-corrected chi connectivity index (χ2v) is 7.71. The van der Waals surface area contributed by atoms with Crippen LogP contribution in [0.3, 0.4) is 0 Å². The molecule has 5 nitrogen and oxygen atoms in total. The highest BCUT2D eigenvalue weighted by atomic mass is 35.5. The van der Waals surface area contributed by atoms with Gasteiger partial charge in [-0.25, -0.2) is 9.37 Å². The molecule has 7 heteroatoms. The van der Waals surface area contributed by atoms with E-state index in [1.165, 1.54) is 6.92 Å². The summed E-state index contributed by atoms with van der Waals surface area (Å²) in [6.45, 7) is 3.08. The van der Waals surface area contributed by atoms with Crippen LogP contribution in [-0.4, -0.2) is 29.0 Å². The number of nitrogens with one attached hydrogen (secondary N) is 2. The highest BCUT2D eigenvalue weighted by Gasteiger charge is 2.46. The Morgan fingerprint density at radius 1 is 1.21 bits per heavy atom. The first kappa shape index (κ1) is 20.3. The summed E-state index contributed by atoms with van der Waals surface area (Å²) in [6, 6.07) is 9.55. The van der Waals surface area contributed by atoms with Crippen LogP contribution in [0.5, 0.6) is 0 Å². The van der Waals surface area contributed by atoms with Crippen LogP contribution in [-0.2, 0) is 10.2 Å². The zero-order valence-electron chi connectivity index (χ0n) is 15.8. The number of halogens is 2. The van der Waals surface area contributed by atoms with E-state index >= 15 is 0 Å². The van der Waals surface area contributed by atoms with Crippen molar-refractivity contribution in [2.75, 3.05) is 5.32 Å². The number of alkyl halides is 1. The molecule has 1 aliphatic rings. The van der Waals surface area contributed by atoms with Gasteiger partial charge in [0.2, 0.25) is 5.91 Å². The minimum absolute atomic E-state index is 0.173. The summed E-state index contributed by atoms with van der Waals surface area (Å²) >= 11 is 5.91. The van der Waals surface area contributed by atoms with E-state index in [0.29, 0.717) is 29.2 Å². The molecule has 1 aromatic carbocycles. The van der Waals surface area contributed by atoms with Gasteiger partial charge in [0.1, 0.15) is 12.0 Å². The van der Waals surface area contributed by atoms with E-state index < -0.39 is 17.6 Å². The zero-order chi connectivity index (χ0) is 20.3. The number of anilines is 1. The molecular formula is C21H23ClFN3O2. The van der Waals surface area contributed by atoms with Gasteiger partial charge in [0.05, 0.1) is 11.5 Å². The maximum atomic E-state index is 13.4. The molecule has 0 aliphatic heterocycles. The summed E-state index contributed by atoms with van der Waals surface area (Å²) < 4.78 is 13.4. The van der Waals surface area contributed by atoms with Crippen molar-refractivity contribution in [2.24, 2.45) is 0 Å². The zero-order valence-corrected chi connectivity index (χ0v) is 16.6. The van der Waals surface area contributed by atoms with Crippen LogP contribution in [0.25, 0.3) is 0 Å². The van der Waals surface area contributed by atoms with Crippen LogP contribution in [0.4, 0.5) is 10.2 Å². The number of rotatable bonds is 6. The highest BCUT2D eigenvalue weighted by molar-refractivity contribution is 6.31. The van der Waals surface area contributed by atoms with E-state index in [-0.39, 0.29) is 11.8 Å². The van der Waals surface area contributed by atoms with Crippen molar-refractivity contribution < 1.29 is 14.0 Å². The number of hydrogen-bond acceptors (Lipinski definition) is 3. The average molecular weight is 404 g/mol. The molecule has 1 heterocycles. The molecule has 28 heavy (non-hydrogen) atoms. The summed E-state index contributed by atoms with van der Waals surface area (Å²) in [5.74, 6) is -0.104. The second-order valence-electron chi connectivity index (χ2n) is 7.27. The predicted octanol–water partition coefficient (Wildman–Crippen LogP) is 4.27. The van der Waals surface area contributed by atoms with E-state index in [9.17, 15) is 14.0 Å². The van der Waals surface area contributed by atoms with Crippen LogP contribution in [0.15, 0.2) is 42.6 Å². The van der Waals surface area contributed by atoms with Gasteiger partial charge in [-0.1, -0.05) is 30.2 Å². The molecular weight excluding hydrogens is 381 g/mol. The van der Waals surface area contributed by atoms with Gasteiger partial charge >= 0.3 is 0 Å². The molecule has 3 rings (SSSR count). The molecule has 1 unspecified atom stereocenters. The summed E-state index contributed by atoms with van der Waals surface area (Å²) in [5.41, 5.74) is 0.532. The Morgan fingerprint density at radius 2 is 1.96 bits per heavy atom. The Bertz CT molecular complexity index is 866. The minimum Gasteiger partial charge on any atom is -0.350 e. The molecule has 1 aromatic heterocycles. The van der Waals surface area contributed by atoms with Crippen molar-refractivity contribution in [3.63, 3.8) is 0 Å². The fraction of sp³-hybridized carbons (Fsp3) is 0.381. The topological polar surface area (TPSA) is 71.1 Å². The van der Waals surface area contributed by atoms with E-state index in [1.807, 2.05) is 0 Å². The second kappa shape index (κ2) is 8.27. The van der Waals surface area contributed by atoms with Gasteiger partial charge in [0, 0.05) is 16.8 Å². The normalized spacial score (nSPS) is 17.1. The first-order valence-corrected chi connectivity index (χ1v) is 9.68. The fourth-order valence-electron chi connectivity index (χ4n) is 3.21. The lowest BCUT2D eigenvalue weighted by Crippen LogP contribution is -2.53. The van der Waals surface area contributed by atoms with Gasteiger partial charge < -0.3 is 10.6 Å². The lowest BCUT2D eigenvalue weighted by atomic mass is 9.64. The van der Waals surface area contributed by atoms with Crippen molar-refractivity contribution in [1.29, 1.82) is 0 Å². The maximum Gasteiger partial charge on any atom is 0.256 e. The van der Waals surface area contributed by atoms with Gasteiger partial charge in [0.15, 0.2) is 0 Å². The number of carbonyl (C=O) groups is 2. The largest absolute Gasteiger partial charge is 0.350 e. The smallest absolute Gasteiger partial charge is 0.256 e. The van der Waals surface area contributed by atoms with Crippen LogP contribution < -0.4 is 10.6 Å². The molecule has 2 amide bonds. The molecule has 0 bridgehead atoms. The number of amides is 2. The molecule has 1 saturated carbocycles. The van der Waals surface area contributed by atoms with Crippen molar-refractivity contribution in [3.05, 3.63) is 58.7 Å². The van der Waals surface area contributed by atoms with Gasteiger partial charge in [-0.2, -0.15) is 0 Å². The van der Waals surface area contributed by atoms with Crippen LogP contribution >= 0.6 is 11.6 Å². The fourth-order valence-corrected chi connectivity index (χ4v) is 3.40. The highest BCUT2D eigenvalue weighted by Crippen LogP contribution is 2.44. The van der Waals surface area contributed by atoms with Gasteiger partial charge in [-0.3, -0.25) is 9.59 Å². The lowest BCUT2D eigenvalue weighted by molar-refractivity contribution is -0.131. The Balaban J connectivity index is 1.72. The number of carbonyl (C=O) groups excluding carboxylic acids is 2. The van der Waals surface area contributed by atoms with Crippen LogP contribution in [0.2, 0.25) is 5.02 Å². The molecule has 0 spiro atoms. The molecule has 1 fully saturated rings. The Hall–Kier alpha value is -2.47. The third-order valence-electron chi connectivity index (χ3n) is 5.33. The van der Waals surface area contributed by atoms with Crippen molar-refractivity contribution in [2.45, 2.75) is 50.7 Å². The van der Waals surface area contributed by atoms with Crippen LogP contribution in [0, 0.1) is 0 Å². The summed E-state index contributed by atoms with van der Waals surface area (Å²) in [4.78, 5) is 29.3. The monoisotopic (exact) mass is 403 g/mol. The first-order valence-electron chi connectivity index (χ1n) is 9.30. The lowest BCUT2D eigenvalue weighted by Gasteiger charge is -2.41. The standard InChI is InChI=1S/C21H23ClFN3O2/c1-13(23)14(2)25-20(28)21(9-4-10-21)16-7-8-18(24-12-16)26-19(27)15-5-3-6-17(22)11-15/h3,5-8,11-14H,4,9-10H2,1-2H3,(H,25,28)(H,24,26,27)/t13?,14-/m0/s1. The molecule has 2 atom stereocenters. The van der Waals surface area contributed by atoms with E-state index in [0.717, 1.165) is 12.0 Å². The van der Waals surface area contributed by atoms with Gasteiger partial charge in [-0.15, -0.1) is 0 Å². The summed E-state index contributed by atoms with van der Waals surface area (Å²) in [5, 5.41) is 5.97. The molecule has 1 aliphatic carbocycles. The predicted molar refractivity (Wildman–Crippen MR) is 107 cm³/mol. The number of benzene rings is 1. The van der Waals surface area contributed by atoms with Crippen molar-refractivity contribution in [3.8, 4) is 0 Å². The van der Waals surface area contributed by atoms with E-state index in [1.54, 1.807) is 49.5 Å². The summed E-state index contributed by atoms with van der Waals surface area (Å²) in [7, 11) is 0. The van der Waals surface area contributed by atoms with E-state index in [2.05, 4.69) is 15.6 Å². The number of pyridine rings is 1. The molecule has 0 radical (unpaired) electrons. The molecule has 0 saturated heterocycles. The number of nitrogens with zero attached hydrogens (tertiary/aromatic N) is 1. The van der Waals surface area contributed by atoms with Crippen molar-refractivity contribution in [1.82, 2.24) is 10.3 Å². The summed E-state index contributed by atoms with van der Waals surface area (Å²) in [6.07, 6.45) is 2.81. The number of aromatic nitrogens is 1. The first-order chi connectivity index (χ1) is 13.3. The van der Waals surface area contributed by atoms with E-state index in [4.69, 9.17) is 11.6 Å². The number of hydrogen-bond donors (Lipinski definition) is 2. The SMILES string of the molecule is CC(F)[C@H](C)NC(=O)C1(c2ccc(NC(=O)c3cccc(Cl)c3)nc2)CCC1. The van der Waals surface area contributed by atoms with Crippen molar-refractivity contribution >= 4 is 29.2 Å². The van der Waals surface area contributed by atoms with Gasteiger partial charge in [0.25, 0.3) is 5.91 Å². The Kier molecular flexibility index (Phi) is 5.98. The minimum atomic E-state index is -1.12. The van der Waals surface area contributed by atoms with Crippen LogP contribution in [0.1, 0.15) is 49.0 Å². The Labute approximate surface area is 168 Å².